The summed E-state index contributed by atoms with van der Waals surface area (Å²) in [6, 6.07) is 7.67. The third-order valence-electron chi connectivity index (χ3n) is 4.90. The average Bonchev–Trinajstić information content (AvgIpc) is 3.04. The summed E-state index contributed by atoms with van der Waals surface area (Å²) in [4.78, 5) is 26.3. The summed E-state index contributed by atoms with van der Waals surface area (Å²) < 4.78 is 4.91. The fourth-order valence-corrected chi connectivity index (χ4v) is 3.52. The third-order valence-corrected chi connectivity index (χ3v) is 4.90. The van der Waals surface area contributed by atoms with Crippen molar-refractivity contribution in [3.63, 3.8) is 0 Å². The lowest BCUT2D eigenvalue weighted by Crippen LogP contribution is -2.46. The number of H-pyrrole nitrogens is 1. The van der Waals surface area contributed by atoms with E-state index in [4.69, 9.17) is 4.74 Å². The number of aryl methyl sites for hydroxylation is 1. The molecular formula is C19H20N4O2. The van der Waals surface area contributed by atoms with Crippen molar-refractivity contribution in [2.45, 2.75) is 19.3 Å². The van der Waals surface area contributed by atoms with Crippen LogP contribution in [0.4, 0.5) is 5.82 Å². The van der Waals surface area contributed by atoms with Gasteiger partial charge in [0, 0.05) is 25.2 Å². The molecule has 1 fully saturated rings. The number of anilines is 1. The van der Waals surface area contributed by atoms with Gasteiger partial charge in [-0.3, -0.25) is 0 Å². The highest BCUT2D eigenvalue weighted by Gasteiger charge is 2.33. The van der Waals surface area contributed by atoms with Gasteiger partial charge in [0.2, 0.25) is 0 Å². The minimum Gasteiger partial charge on any atom is -0.465 e. The molecule has 0 amide bonds. The third kappa shape index (κ3) is 2.54. The lowest BCUT2D eigenvalue weighted by molar-refractivity contribution is 0.0598. The van der Waals surface area contributed by atoms with Gasteiger partial charge in [0.1, 0.15) is 17.8 Å². The molecule has 0 radical (unpaired) electrons. The second-order valence-electron chi connectivity index (χ2n) is 6.27. The minimum absolute atomic E-state index is 0.280. The smallest absolute Gasteiger partial charge is 0.338 e. The number of hydrogen-bond acceptors (Lipinski definition) is 5. The van der Waals surface area contributed by atoms with Gasteiger partial charge < -0.3 is 14.6 Å². The maximum Gasteiger partial charge on any atom is 0.338 e. The van der Waals surface area contributed by atoms with E-state index < -0.39 is 0 Å². The summed E-state index contributed by atoms with van der Waals surface area (Å²) in [7, 11) is 1.42. The molecule has 1 aliphatic heterocycles. The highest BCUT2D eigenvalue weighted by Crippen LogP contribution is 2.36. The highest BCUT2D eigenvalue weighted by molar-refractivity contribution is 5.92. The number of aromatic nitrogens is 3. The Morgan fingerprint density at radius 1 is 1.32 bits per heavy atom. The van der Waals surface area contributed by atoms with Crippen molar-refractivity contribution in [1.29, 1.82) is 0 Å². The second kappa shape index (κ2) is 6.20. The number of nitrogens with one attached hydrogen (secondary N) is 1. The second-order valence-corrected chi connectivity index (χ2v) is 6.27. The van der Waals surface area contributed by atoms with Gasteiger partial charge in [-0.2, -0.15) is 0 Å². The molecule has 2 aromatic heterocycles. The molecule has 0 saturated carbocycles. The molecule has 0 aliphatic carbocycles. The number of aromatic amines is 1. The van der Waals surface area contributed by atoms with Crippen molar-refractivity contribution in [1.82, 2.24) is 15.0 Å². The van der Waals surface area contributed by atoms with E-state index in [1.54, 1.807) is 6.33 Å². The number of methoxy groups -OCH3 is 1. The Hall–Kier alpha value is -2.89. The monoisotopic (exact) mass is 336 g/mol. The van der Waals surface area contributed by atoms with E-state index in [2.05, 4.69) is 26.8 Å². The molecule has 1 saturated heterocycles. The maximum absolute atomic E-state index is 12.0. The van der Waals surface area contributed by atoms with Gasteiger partial charge in [-0.25, -0.2) is 14.8 Å². The van der Waals surface area contributed by atoms with E-state index in [1.165, 1.54) is 12.7 Å². The molecule has 128 valence electrons. The molecule has 1 N–H and O–H groups in total. The summed E-state index contributed by atoms with van der Waals surface area (Å²) in [6.45, 7) is 3.79. The number of carbonyl (C=O) groups is 1. The molecule has 0 atom stereocenters. The van der Waals surface area contributed by atoms with Gasteiger partial charge in [-0.1, -0.05) is 25.1 Å². The number of hydrogen-bond donors (Lipinski definition) is 1. The van der Waals surface area contributed by atoms with Crippen LogP contribution in [-0.2, 0) is 11.2 Å². The van der Waals surface area contributed by atoms with Gasteiger partial charge in [0.15, 0.2) is 0 Å². The Morgan fingerprint density at radius 2 is 2.12 bits per heavy atom. The van der Waals surface area contributed by atoms with E-state index in [0.29, 0.717) is 11.5 Å². The maximum atomic E-state index is 12.0. The fraction of sp³-hybridized carbons (Fsp3) is 0.316. The van der Waals surface area contributed by atoms with E-state index in [1.807, 2.05) is 30.5 Å². The molecule has 6 nitrogen and oxygen atoms in total. The zero-order chi connectivity index (χ0) is 17.4. The van der Waals surface area contributed by atoms with Crippen LogP contribution in [0.25, 0.3) is 11.0 Å². The SMILES string of the molecule is CCc1c[nH]c2ncnc(N3CC(c4ccccc4C(=O)OC)C3)c12. The van der Waals surface area contributed by atoms with Crippen LogP contribution in [0, 0.1) is 0 Å². The van der Waals surface area contributed by atoms with Gasteiger partial charge in [0.05, 0.1) is 18.1 Å². The van der Waals surface area contributed by atoms with Crippen molar-refractivity contribution in [2.75, 3.05) is 25.1 Å². The summed E-state index contributed by atoms with van der Waals surface area (Å²) in [5.41, 5.74) is 3.79. The fourth-order valence-electron chi connectivity index (χ4n) is 3.52. The molecule has 0 bridgehead atoms. The lowest BCUT2D eigenvalue weighted by Gasteiger charge is -2.41. The van der Waals surface area contributed by atoms with Gasteiger partial charge in [0.25, 0.3) is 0 Å². The molecule has 6 heteroatoms. The van der Waals surface area contributed by atoms with Crippen LogP contribution in [0.2, 0.25) is 0 Å². The Labute approximate surface area is 145 Å². The van der Waals surface area contributed by atoms with Gasteiger partial charge in [-0.15, -0.1) is 0 Å². The first-order chi connectivity index (χ1) is 12.2. The molecule has 3 heterocycles. The largest absolute Gasteiger partial charge is 0.465 e. The number of rotatable bonds is 4. The van der Waals surface area contributed by atoms with Crippen molar-refractivity contribution in [2.24, 2.45) is 0 Å². The summed E-state index contributed by atoms with van der Waals surface area (Å²) in [6.07, 6.45) is 4.54. The van der Waals surface area contributed by atoms with E-state index in [-0.39, 0.29) is 5.97 Å². The number of esters is 1. The Balaban J connectivity index is 1.61. The normalized spacial score (nSPS) is 14.6. The lowest BCUT2D eigenvalue weighted by atomic mass is 9.87. The Kier molecular flexibility index (Phi) is 3.87. The summed E-state index contributed by atoms with van der Waals surface area (Å²) in [5, 5.41) is 1.10. The quantitative estimate of drug-likeness (QED) is 0.742. The highest BCUT2D eigenvalue weighted by atomic mass is 16.5. The molecule has 1 aromatic carbocycles. The molecular weight excluding hydrogens is 316 g/mol. The van der Waals surface area contributed by atoms with Crippen molar-refractivity contribution >= 4 is 22.8 Å². The molecule has 0 unspecified atom stereocenters. The number of nitrogens with zero attached hydrogens (tertiary/aromatic N) is 3. The van der Waals surface area contributed by atoms with E-state index in [9.17, 15) is 4.79 Å². The molecule has 0 spiro atoms. The number of benzene rings is 1. The Bertz CT molecular complexity index is 928. The van der Waals surface area contributed by atoms with Crippen molar-refractivity contribution in [3.8, 4) is 0 Å². The van der Waals surface area contributed by atoms with Crippen LogP contribution in [0.5, 0.6) is 0 Å². The van der Waals surface area contributed by atoms with Crippen LogP contribution < -0.4 is 4.90 Å². The first-order valence-electron chi connectivity index (χ1n) is 8.46. The minimum atomic E-state index is -0.280. The number of ether oxygens (including phenoxy) is 1. The van der Waals surface area contributed by atoms with Gasteiger partial charge in [-0.05, 0) is 23.6 Å². The number of fused-ring (bicyclic) bond motifs is 1. The molecule has 4 rings (SSSR count). The van der Waals surface area contributed by atoms with Crippen LogP contribution >= 0.6 is 0 Å². The molecule has 25 heavy (non-hydrogen) atoms. The topological polar surface area (TPSA) is 71.1 Å². The first kappa shape index (κ1) is 15.6. The van der Waals surface area contributed by atoms with Crippen molar-refractivity contribution < 1.29 is 9.53 Å². The first-order valence-corrected chi connectivity index (χ1v) is 8.46. The van der Waals surface area contributed by atoms with Crippen LogP contribution in [0.3, 0.4) is 0 Å². The van der Waals surface area contributed by atoms with Crippen molar-refractivity contribution in [3.05, 3.63) is 53.5 Å². The van der Waals surface area contributed by atoms with E-state index >= 15 is 0 Å². The predicted octanol–water partition coefficient (Wildman–Crippen LogP) is 2.91. The summed E-state index contributed by atoms with van der Waals surface area (Å²) >= 11 is 0. The predicted molar refractivity (Wildman–Crippen MR) is 96.0 cm³/mol. The molecule has 3 aromatic rings. The van der Waals surface area contributed by atoms with Gasteiger partial charge >= 0.3 is 5.97 Å². The summed E-state index contributed by atoms with van der Waals surface area (Å²) in [5.74, 6) is 0.983. The average molecular weight is 336 g/mol. The standard InChI is InChI=1S/C19H20N4O2/c1-3-12-8-20-17-16(12)18(22-11-21-17)23-9-13(10-23)14-6-4-5-7-15(14)19(24)25-2/h4-8,11,13H,3,9-10H2,1-2H3,(H,20,21,22). The van der Waals surface area contributed by atoms with E-state index in [0.717, 1.165) is 41.9 Å². The Morgan fingerprint density at radius 3 is 2.88 bits per heavy atom. The zero-order valence-electron chi connectivity index (χ0n) is 14.3. The van der Waals surface area contributed by atoms with Crippen LogP contribution in [0.1, 0.15) is 34.3 Å². The molecule has 1 aliphatic rings. The van der Waals surface area contributed by atoms with Crippen LogP contribution in [0.15, 0.2) is 36.8 Å². The number of carbonyl (C=O) groups excluding carboxylic acids is 1. The zero-order valence-corrected chi connectivity index (χ0v) is 14.3. The van der Waals surface area contributed by atoms with Crippen LogP contribution in [-0.4, -0.2) is 41.1 Å².